The molecule has 4 rings (SSSR count). The molecule has 0 amide bonds. The first kappa shape index (κ1) is 23.2. The second-order valence-electron chi connectivity index (χ2n) is 8.35. The molecule has 7 heteroatoms. The van der Waals surface area contributed by atoms with Gasteiger partial charge < -0.3 is 4.74 Å². The van der Waals surface area contributed by atoms with Gasteiger partial charge in [-0.1, -0.05) is 58.0 Å². The highest BCUT2D eigenvalue weighted by Crippen LogP contribution is 2.32. The van der Waals surface area contributed by atoms with Gasteiger partial charge in [0, 0.05) is 20.4 Å². The molecule has 0 bridgehead atoms. The van der Waals surface area contributed by atoms with E-state index in [1.165, 1.54) is 11.1 Å². The number of halogens is 2. The van der Waals surface area contributed by atoms with E-state index in [-0.39, 0.29) is 17.6 Å². The Morgan fingerprint density at radius 3 is 2.62 bits per heavy atom. The predicted octanol–water partition coefficient (Wildman–Crippen LogP) is 7.03. The molecule has 0 N–H and O–H groups in total. The summed E-state index contributed by atoms with van der Waals surface area (Å²) in [4.78, 5) is 18.4. The molecule has 1 heterocycles. The van der Waals surface area contributed by atoms with Crippen LogP contribution in [0, 0.1) is 0 Å². The van der Waals surface area contributed by atoms with Crippen molar-refractivity contribution >= 4 is 49.0 Å². The number of aromatic nitrogens is 2. The minimum absolute atomic E-state index is 0.0866. The van der Waals surface area contributed by atoms with Crippen LogP contribution in [-0.2, 0) is 0 Å². The highest BCUT2D eigenvalue weighted by Gasteiger charge is 2.22. The highest BCUT2D eigenvalue weighted by molar-refractivity contribution is 9.10. The zero-order valence-corrected chi connectivity index (χ0v) is 21.5. The second kappa shape index (κ2) is 10.3. The van der Waals surface area contributed by atoms with Crippen LogP contribution in [-0.4, -0.2) is 22.0 Å². The van der Waals surface area contributed by atoms with Gasteiger partial charge in [-0.25, -0.2) is 4.98 Å². The zero-order valence-electron chi connectivity index (χ0n) is 18.4. The van der Waals surface area contributed by atoms with E-state index in [0.29, 0.717) is 10.9 Å². The molecule has 0 radical (unpaired) electrons. The highest BCUT2D eigenvalue weighted by atomic mass is 79.9. The van der Waals surface area contributed by atoms with Crippen molar-refractivity contribution in [3.8, 4) is 5.75 Å². The molecule has 2 aromatic carbocycles. The molecule has 1 aliphatic carbocycles. The standard InChI is InChI=1S/C25H27Br2N3O2/c1-3-16(2)32-23-12-10-19(26)13-18(23)15-28-30-24(17-7-5-4-6-8-17)29-22-11-9-20(27)14-21(22)25(30)31/h9-17H,3-8H2,1-2H3/t16-/m0/s1. The van der Waals surface area contributed by atoms with Gasteiger partial charge in [-0.05, 0) is 62.6 Å². The van der Waals surface area contributed by atoms with Crippen LogP contribution in [0.15, 0.2) is 55.2 Å². The topological polar surface area (TPSA) is 56.5 Å². The summed E-state index contributed by atoms with van der Waals surface area (Å²) in [6.07, 6.45) is 8.31. The van der Waals surface area contributed by atoms with Crippen molar-refractivity contribution in [1.82, 2.24) is 9.66 Å². The van der Waals surface area contributed by atoms with Crippen molar-refractivity contribution in [3.63, 3.8) is 0 Å². The fraction of sp³-hybridized carbons (Fsp3) is 0.400. The van der Waals surface area contributed by atoms with Gasteiger partial charge in [0.15, 0.2) is 0 Å². The van der Waals surface area contributed by atoms with E-state index in [9.17, 15) is 4.79 Å². The molecule has 1 fully saturated rings. The van der Waals surface area contributed by atoms with E-state index in [1.54, 1.807) is 6.21 Å². The normalized spacial score (nSPS) is 16.0. The van der Waals surface area contributed by atoms with Gasteiger partial charge in [-0.3, -0.25) is 4.79 Å². The molecule has 5 nitrogen and oxygen atoms in total. The molecule has 1 aliphatic rings. The lowest BCUT2D eigenvalue weighted by Crippen LogP contribution is -2.25. The number of hydrogen-bond donors (Lipinski definition) is 0. The molecule has 0 saturated heterocycles. The van der Waals surface area contributed by atoms with Gasteiger partial charge in [0.1, 0.15) is 11.6 Å². The van der Waals surface area contributed by atoms with Crippen LogP contribution in [0.25, 0.3) is 10.9 Å². The molecular weight excluding hydrogens is 534 g/mol. The van der Waals surface area contributed by atoms with Crippen molar-refractivity contribution < 1.29 is 4.74 Å². The Balaban J connectivity index is 1.83. The van der Waals surface area contributed by atoms with E-state index in [4.69, 9.17) is 9.72 Å². The first-order valence-electron chi connectivity index (χ1n) is 11.2. The molecule has 0 spiro atoms. The lowest BCUT2D eigenvalue weighted by molar-refractivity contribution is 0.217. The smallest absolute Gasteiger partial charge is 0.282 e. The fourth-order valence-electron chi connectivity index (χ4n) is 4.05. The van der Waals surface area contributed by atoms with Crippen LogP contribution in [0.5, 0.6) is 5.75 Å². The first-order valence-corrected chi connectivity index (χ1v) is 12.8. The third kappa shape index (κ3) is 5.15. The summed E-state index contributed by atoms with van der Waals surface area (Å²) in [6, 6.07) is 11.5. The summed E-state index contributed by atoms with van der Waals surface area (Å²) in [5.74, 6) is 1.73. The Morgan fingerprint density at radius 1 is 1.16 bits per heavy atom. The summed E-state index contributed by atoms with van der Waals surface area (Å²) in [5, 5.41) is 5.22. The Kier molecular flexibility index (Phi) is 7.46. The van der Waals surface area contributed by atoms with Crippen molar-refractivity contribution in [1.29, 1.82) is 0 Å². The lowest BCUT2D eigenvalue weighted by atomic mass is 9.88. The molecule has 0 aliphatic heterocycles. The molecule has 3 aromatic rings. The van der Waals surface area contributed by atoms with Crippen LogP contribution in [0.4, 0.5) is 0 Å². The van der Waals surface area contributed by atoms with E-state index >= 15 is 0 Å². The Bertz CT molecular complexity index is 1200. The molecule has 1 aromatic heterocycles. The first-order chi connectivity index (χ1) is 15.5. The molecule has 1 saturated carbocycles. The van der Waals surface area contributed by atoms with Crippen LogP contribution >= 0.6 is 31.9 Å². The maximum Gasteiger partial charge on any atom is 0.282 e. The summed E-state index contributed by atoms with van der Waals surface area (Å²) in [6.45, 7) is 4.13. The van der Waals surface area contributed by atoms with Gasteiger partial charge in [0.2, 0.25) is 0 Å². The van der Waals surface area contributed by atoms with Crippen molar-refractivity contribution in [2.75, 3.05) is 0 Å². The maximum absolute atomic E-state index is 13.5. The maximum atomic E-state index is 13.5. The third-order valence-electron chi connectivity index (χ3n) is 5.99. The number of nitrogens with zero attached hydrogens (tertiary/aromatic N) is 3. The van der Waals surface area contributed by atoms with Crippen molar-refractivity contribution in [2.45, 2.75) is 64.4 Å². The monoisotopic (exact) mass is 559 g/mol. The molecule has 0 unspecified atom stereocenters. The minimum atomic E-state index is -0.146. The van der Waals surface area contributed by atoms with Gasteiger partial charge in [0.25, 0.3) is 5.56 Å². The fourth-order valence-corrected chi connectivity index (χ4v) is 4.79. The Hall–Kier alpha value is -1.99. The van der Waals surface area contributed by atoms with Crippen LogP contribution in [0.1, 0.15) is 69.7 Å². The second-order valence-corrected chi connectivity index (χ2v) is 10.2. The average Bonchev–Trinajstić information content (AvgIpc) is 2.80. The molecule has 168 valence electrons. The van der Waals surface area contributed by atoms with Crippen LogP contribution in [0.3, 0.4) is 0 Å². The van der Waals surface area contributed by atoms with E-state index < -0.39 is 0 Å². The Labute approximate surface area is 205 Å². The number of hydrogen-bond acceptors (Lipinski definition) is 4. The zero-order chi connectivity index (χ0) is 22.7. The number of fused-ring (bicyclic) bond motifs is 1. The third-order valence-corrected chi connectivity index (χ3v) is 6.98. The lowest BCUT2D eigenvalue weighted by Gasteiger charge is -2.23. The average molecular weight is 561 g/mol. The van der Waals surface area contributed by atoms with Crippen LogP contribution < -0.4 is 10.3 Å². The quantitative estimate of drug-likeness (QED) is 0.304. The minimum Gasteiger partial charge on any atom is -0.490 e. The summed E-state index contributed by atoms with van der Waals surface area (Å²) in [7, 11) is 0. The molecule has 1 atom stereocenters. The number of ether oxygens (including phenoxy) is 1. The van der Waals surface area contributed by atoms with Gasteiger partial charge >= 0.3 is 0 Å². The van der Waals surface area contributed by atoms with Crippen molar-refractivity contribution in [2.24, 2.45) is 5.10 Å². The van der Waals surface area contributed by atoms with E-state index in [1.807, 2.05) is 43.3 Å². The van der Waals surface area contributed by atoms with Gasteiger partial charge in [-0.2, -0.15) is 9.78 Å². The largest absolute Gasteiger partial charge is 0.490 e. The Morgan fingerprint density at radius 2 is 1.88 bits per heavy atom. The van der Waals surface area contributed by atoms with Crippen molar-refractivity contribution in [3.05, 3.63) is 67.1 Å². The van der Waals surface area contributed by atoms with Crippen LogP contribution in [0.2, 0.25) is 0 Å². The molecular formula is C25H27Br2N3O2. The summed E-state index contributed by atoms with van der Waals surface area (Å²) in [5.41, 5.74) is 1.39. The SMILES string of the molecule is CC[C@H](C)Oc1ccc(Br)cc1C=Nn1c(C2CCCCC2)nc2ccc(Br)cc2c1=O. The predicted molar refractivity (Wildman–Crippen MR) is 137 cm³/mol. The number of rotatable bonds is 6. The molecule has 32 heavy (non-hydrogen) atoms. The summed E-state index contributed by atoms with van der Waals surface area (Å²) >= 11 is 7.01. The number of benzene rings is 2. The van der Waals surface area contributed by atoms with Gasteiger partial charge in [-0.15, -0.1) is 0 Å². The van der Waals surface area contributed by atoms with E-state index in [2.05, 4.69) is 43.9 Å². The van der Waals surface area contributed by atoms with Gasteiger partial charge in [0.05, 0.1) is 23.2 Å². The van der Waals surface area contributed by atoms with E-state index in [0.717, 1.165) is 58.2 Å². The summed E-state index contributed by atoms with van der Waals surface area (Å²) < 4.78 is 9.35.